The number of rotatable bonds is 3. The number of carbonyl (C=O) groups is 1. The van der Waals surface area contributed by atoms with E-state index in [1.54, 1.807) is 18.2 Å². The number of nitrogens with one attached hydrogen (secondary N) is 1. The second kappa shape index (κ2) is 6.40. The van der Waals surface area contributed by atoms with Crippen LogP contribution in [-0.4, -0.2) is 34.0 Å². The van der Waals surface area contributed by atoms with Crippen molar-refractivity contribution >= 4 is 51.2 Å². The third-order valence-corrected chi connectivity index (χ3v) is 2.97. The molecule has 0 atom stereocenters. The zero-order valence-corrected chi connectivity index (χ0v) is 12.8. The molecule has 2 N–H and O–H groups in total. The van der Waals surface area contributed by atoms with Crippen molar-refractivity contribution in [3.63, 3.8) is 0 Å². The van der Waals surface area contributed by atoms with Gasteiger partial charge in [0, 0.05) is 0 Å². The molecule has 0 fully saturated rings. The van der Waals surface area contributed by atoms with E-state index in [1.165, 1.54) is 16.9 Å². The van der Waals surface area contributed by atoms with E-state index in [9.17, 15) is 13.2 Å². The number of hydrogen-bond donors (Lipinski definition) is 2. The van der Waals surface area contributed by atoms with E-state index in [1.807, 2.05) is 0 Å². The number of nitrogens with zero attached hydrogens (tertiary/aromatic N) is 4. The first-order chi connectivity index (χ1) is 10.3. The van der Waals surface area contributed by atoms with Crippen LogP contribution in [0.25, 0.3) is 0 Å². The van der Waals surface area contributed by atoms with E-state index < -0.39 is 16.3 Å². The zero-order valence-electron chi connectivity index (χ0n) is 10.5. The Morgan fingerprint density at radius 3 is 2.14 bits per heavy atom. The summed E-state index contributed by atoms with van der Waals surface area (Å²) in [5.41, 5.74) is 0.210. The van der Waals surface area contributed by atoms with Gasteiger partial charge in [0.2, 0.25) is 16.5 Å². The summed E-state index contributed by atoms with van der Waals surface area (Å²) in [4.78, 5) is 23.8. The molecule has 9 nitrogen and oxygen atoms in total. The lowest BCUT2D eigenvalue weighted by molar-refractivity contribution is 0.252. The topological polar surface area (TPSA) is 125 Å². The molecule has 1 aromatic carbocycles. The Morgan fingerprint density at radius 1 is 1.09 bits per heavy atom. The van der Waals surface area contributed by atoms with Gasteiger partial charge in [-0.15, -0.1) is 0 Å². The molecule has 0 aliphatic heterocycles. The van der Waals surface area contributed by atoms with Crippen LogP contribution in [-0.2, 0) is 10.3 Å². The highest BCUT2D eigenvalue weighted by Gasteiger charge is 2.25. The van der Waals surface area contributed by atoms with Crippen molar-refractivity contribution in [1.29, 1.82) is 0 Å². The summed E-state index contributed by atoms with van der Waals surface area (Å²) in [6.45, 7) is 0. The summed E-state index contributed by atoms with van der Waals surface area (Å²) < 4.78 is 31.8. The Hall–Kier alpha value is -2.01. The maximum absolute atomic E-state index is 12.1. The molecule has 12 heteroatoms. The van der Waals surface area contributed by atoms with Gasteiger partial charge >= 0.3 is 16.3 Å². The van der Waals surface area contributed by atoms with E-state index in [2.05, 4.69) is 15.0 Å². The Balaban J connectivity index is 2.53. The third kappa shape index (κ3) is 4.24. The van der Waals surface area contributed by atoms with Crippen molar-refractivity contribution in [3.05, 3.63) is 40.9 Å². The van der Waals surface area contributed by atoms with Crippen molar-refractivity contribution in [2.75, 3.05) is 4.90 Å². The van der Waals surface area contributed by atoms with Gasteiger partial charge in [0.15, 0.2) is 0 Å². The minimum absolute atomic E-state index is 0.210. The molecule has 0 spiro atoms. The highest BCUT2D eigenvalue weighted by atomic mass is 35.5. The summed E-state index contributed by atoms with van der Waals surface area (Å²) in [6.07, 6.45) is 0. The maximum atomic E-state index is 12.1. The van der Waals surface area contributed by atoms with Crippen LogP contribution in [0.5, 0.6) is 0 Å². The molecule has 0 bridgehead atoms. The van der Waals surface area contributed by atoms with Gasteiger partial charge in [-0.25, -0.2) is 14.4 Å². The predicted molar refractivity (Wildman–Crippen MR) is 78.5 cm³/mol. The molecule has 0 saturated heterocycles. The minimum Gasteiger partial charge on any atom is -0.269 e. The number of urea groups is 1. The number of para-hydroxylation sites is 1. The third-order valence-electron chi connectivity index (χ3n) is 2.20. The summed E-state index contributed by atoms with van der Waals surface area (Å²) in [5, 5.41) is -0.592. The monoisotopic (exact) mass is 363 g/mol. The fourth-order valence-electron chi connectivity index (χ4n) is 1.47. The second-order valence-electron chi connectivity index (χ2n) is 3.73. The highest BCUT2D eigenvalue weighted by Crippen LogP contribution is 2.23. The van der Waals surface area contributed by atoms with Gasteiger partial charge < -0.3 is 0 Å². The average molecular weight is 364 g/mol. The summed E-state index contributed by atoms with van der Waals surface area (Å²) in [7, 11) is -4.78. The van der Waals surface area contributed by atoms with Gasteiger partial charge in [0.25, 0.3) is 0 Å². The number of halogens is 2. The lowest BCUT2D eigenvalue weighted by atomic mass is 10.3. The number of amides is 2. The van der Waals surface area contributed by atoms with Crippen molar-refractivity contribution in [3.8, 4) is 0 Å². The molecule has 0 aliphatic carbocycles. The number of hydrogen-bond acceptors (Lipinski definition) is 6. The van der Waals surface area contributed by atoms with E-state index in [4.69, 9.17) is 27.8 Å². The molecule has 2 rings (SSSR count). The van der Waals surface area contributed by atoms with Crippen LogP contribution < -0.4 is 9.62 Å². The summed E-state index contributed by atoms with van der Waals surface area (Å²) in [6, 6.07) is 6.59. The first-order valence-electron chi connectivity index (χ1n) is 5.48. The van der Waals surface area contributed by atoms with Crippen molar-refractivity contribution in [2.45, 2.75) is 0 Å². The molecule has 116 valence electrons. The molecule has 1 heterocycles. The van der Waals surface area contributed by atoms with Crippen LogP contribution >= 0.6 is 23.2 Å². The Labute approximate surface area is 134 Å². The quantitative estimate of drug-likeness (QED) is 0.796. The first-order valence-corrected chi connectivity index (χ1v) is 7.67. The van der Waals surface area contributed by atoms with E-state index in [0.717, 1.165) is 4.90 Å². The summed E-state index contributed by atoms with van der Waals surface area (Å²) >= 11 is 11.3. The van der Waals surface area contributed by atoms with Crippen molar-refractivity contribution in [1.82, 2.24) is 19.7 Å². The fourth-order valence-corrected chi connectivity index (χ4v) is 2.14. The van der Waals surface area contributed by atoms with Crippen LogP contribution in [0.1, 0.15) is 0 Å². The molecular weight excluding hydrogens is 357 g/mol. The zero-order chi connectivity index (χ0) is 16.3. The Bertz CT molecular complexity index is 782. The van der Waals surface area contributed by atoms with Crippen LogP contribution in [0.4, 0.5) is 16.4 Å². The molecule has 0 saturated carbocycles. The molecular formula is C10H7Cl2N5O4S. The van der Waals surface area contributed by atoms with Gasteiger partial charge in [-0.1, -0.05) is 18.2 Å². The average Bonchev–Trinajstić information content (AvgIpc) is 2.36. The lowest BCUT2D eigenvalue weighted by Gasteiger charge is -2.20. The first kappa shape index (κ1) is 16.4. The SMILES string of the molecule is O=C(NS(=O)(=O)O)N(c1ccccc1)c1nc(Cl)nc(Cl)n1. The fraction of sp³-hybridized carbons (Fsp3) is 0. The molecule has 0 aliphatic rings. The van der Waals surface area contributed by atoms with Gasteiger partial charge in [0.05, 0.1) is 5.69 Å². The number of anilines is 2. The Morgan fingerprint density at radius 2 is 1.64 bits per heavy atom. The molecule has 0 unspecified atom stereocenters. The lowest BCUT2D eigenvalue weighted by Crippen LogP contribution is -2.41. The molecule has 2 amide bonds. The van der Waals surface area contributed by atoms with E-state index in [-0.39, 0.29) is 22.2 Å². The second-order valence-corrected chi connectivity index (χ2v) is 5.56. The predicted octanol–water partition coefficient (Wildman–Crippen LogP) is 1.83. The Kier molecular flexibility index (Phi) is 4.76. The van der Waals surface area contributed by atoms with Crippen molar-refractivity contribution in [2.24, 2.45) is 0 Å². The van der Waals surface area contributed by atoms with E-state index >= 15 is 0 Å². The molecule has 2 aromatic rings. The largest absolute Gasteiger partial charge is 0.361 e. The standard InChI is InChI=1S/C10H7Cl2N5O4S/c11-7-13-8(12)15-9(14-7)17(6-4-2-1-3-5-6)10(18)16-22(19,20)21/h1-5H,(H,16,18)(H,19,20,21). The van der Waals surface area contributed by atoms with Gasteiger partial charge in [-0.05, 0) is 35.3 Å². The van der Waals surface area contributed by atoms with Crippen LogP contribution in [0.2, 0.25) is 10.6 Å². The summed E-state index contributed by atoms with van der Waals surface area (Å²) in [5.74, 6) is -0.322. The van der Waals surface area contributed by atoms with Gasteiger partial charge in [-0.3, -0.25) is 4.55 Å². The molecule has 22 heavy (non-hydrogen) atoms. The normalized spacial score (nSPS) is 11.0. The van der Waals surface area contributed by atoms with Crippen LogP contribution in [0.3, 0.4) is 0 Å². The number of aromatic nitrogens is 3. The maximum Gasteiger partial charge on any atom is 0.361 e. The van der Waals surface area contributed by atoms with Crippen LogP contribution in [0.15, 0.2) is 30.3 Å². The van der Waals surface area contributed by atoms with Crippen LogP contribution in [0, 0.1) is 0 Å². The highest BCUT2D eigenvalue weighted by molar-refractivity contribution is 7.84. The van der Waals surface area contributed by atoms with E-state index in [0.29, 0.717) is 0 Å². The molecule has 1 aromatic heterocycles. The minimum atomic E-state index is -4.78. The number of benzene rings is 1. The van der Waals surface area contributed by atoms with Gasteiger partial charge in [-0.2, -0.15) is 23.4 Å². The van der Waals surface area contributed by atoms with Gasteiger partial charge in [0.1, 0.15) is 0 Å². The smallest absolute Gasteiger partial charge is 0.269 e. The van der Waals surface area contributed by atoms with Crippen molar-refractivity contribution < 1.29 is 17.8 Å². The number of carbonyl (C=O) groups excluding carboxylic acids is 1. The molecule has 0 radical (unpaired) electrons.